The average Bonchev–Trinajstić information content (AvgIpc) is 3.19. The number of amides is 1. The summed E-state index contributed by atoms with van der Waals surface area (Å²) in [6.45, 7) is 5.63. The highest BCUT2D eigenvalue weighted by Crippen LogP contribution is 2.34. The molecule has 1 aliphatic rings. The number of rotatable bonds is 7. The fraction of sp³-hybridized carbons (Fsp3) is 0.348. The quantitative estimate of drug-likeness (QED) is 0.559. The number of benzene rings is 2. The predicted octanol–water partition coefficient (Wildman–Crippen LogP) is 4.01. The number of anilines is 1. The molecule has 0 radical (unpaired) electrons. The second-order valence-electron chi connectivity index (χ2n) is 7.91. The van der Waals surface area contributed by atoms with Gasteiger partial charge in [-0.2, -0.15) is 5.10 Å². The molecule has 1 amide bonds. The van der Waals surface area contributed by atoms with Gasteiger partial charge in [-0.05, 0) is 41.8 Å². The Morgan fingerprint density at radius 2 is 1.97 bits per heavy atom. The minimum Gasteiger partial charge on any atom is -0.490 e. The fourth-order valence-electron chi connectivity index (χ4n) is 3.65. The van der Waals surface area contributed by atoms with Crippen LogP contribution in [0.2, 0.25) is 5.02 Å². The topological polar surface area (TPSA) is 90.3 Å². The highest BCUT2D eigenvalue weighted by Gasteiger charge is 2.20. The van der Waals surface area contributed by atoms with Crippen LogP contribution in [-0.4, -0.2) is 40.4 Å². The van der Waals surface area contributed by atoms with Gasteiger partial charge in [-0.25, -0.2) is 9.67 Å². The van der Waals surface area contributed by atoms with Crippen LogP contribution < -0.4 is 20.1 Å². The van der Waals surface area contributed by atoms with Gasteiger partial charge in [0, 0.05) is 17.5 Å². The van der Waals surface area contributed by atoms with Gasteiger partial charge in [0.25, 0.3) is 0 Å². The first-order valence-electron chi connectivity index (χ1n) is 10.6. The highest BCUT2D eigenvalue weighted by atomic mass is 35.5. The van der Waals surface area contributed by atoms with Crippen LogP contribution in [0.4, 0.5) is 5.69 Å². The minimum absolute atomic E-state index is 0.0351. The van der Waals surface area contributed by atoms with Crippen molar-refractivity contribution in [3.63, 3.8) is 0 Å². The molecule has 8 nitrogen and oxygen atoms in total. The number of hydrogen-bond donors (Lipinski definition) is 2. The average molecular weight is 456 g/mol. The SMILES string of the molecule is CC(C)[C@@H](NCC(=O)Nc1cc(Cl)ccc1-n1cncn1)c1ccc2c(c1)OCCCO2. The summed E-state index contributed by atoms with van der Waals surface area (Å²) in [5.41, 5.74) is 2.29. The van der Waals surface area contributed by atoms with E-state index in [-0.39, 0.29) is 24.4 Å². The van der Waals surface area contributed by atoms with E-state index < -0.39 is 0 Å². The van der Waals surface area contributed by atoms with Crippen LogP contribution in [-0.2, 0) is 4.79 Å². The summed E-state index contributed by atoms with van der Waals surface area (Å²) in [6.07, 6.45) is 3.86. The van der Waals surface area contributed by atoms with Crippen molar-refractivity contribution in [1.82, 2.24) is 20.1 Å². The van der Waals surface area contributed by atoms with Gasteiger partial charge in [0.2, 0.25) is 5.91 Å². The van der Waals surface area contributed by atoms with E-state index in [1.54, 1.807) is 29.2 Å². The molecule has 0 bridgehead atoms. The van der Waals surface area contributed by atoms with Gasteiger partial charge >= 0.3 is 0 Å². The number of carbonyl (C=O) groups is 1. The van der Waals surface area contributed by atoms with Crippen molar-refractivity contribution in [3.8, 4) is 17.2 Å². The molecule has 0 saturated carbocycles. The third-order valence-electron chi connectivity index (χ3n) is 5.18. The number of carbonyl (C=O) groups excluding carboxylic acids is 1. The van der Waals surface area contributed by atoms with Crippen molar-refractivity contribution < 1.29 is 14.3 Å². The van der Waals surface area contributed by atoms with Crippen molar-refractivity contribution in [2.75, 3.05) is 25.1 Å². The molecule has 32 heavy (non-hydrogen) atoms. The lowest BCUT2D eigenvalue weighted by molar-refractivity contribution is -0.115. The molecular weight excluding hydrogens is 430 g/mol. The molecule has 0 saturated heterocycles. The molecule has 1 aliphatic heterocycles. The Morgan fingerprint density at radius 1 is 1.16 bits per heavy atom. The lowest BCUT2D eigenvalue weighted by Crippen LogP contribution is -2.33. The third-order valence-corrected chi connectivity index (χ3v) is 5.41. The molecule has 0 aliphatic carbocycles. The summed E-state index contributed by atoms with van der Waals surface area (Å²) in [5, 5.41) is 10.9. The normalized spacial score (nSPS) is 14.1. The predicted molar refractivity (Wildman–Crippen MR) is 123 cm³/mol. The molecular formula is C23H26ClN5O3. The Kier molecular flexibility index (Phi) is 6.92. The van der Waals surface area contributed by atoms with E-state index in [1.807, 2.05) is 18.2 Å². The Bertz CT molecular complexity index is 1070. The third kappa shape index (κ3) is 5.20. The number of ether oxygens (including phenoxy) is 2. The summed E-state index contributed by atoms with van der Waals surface area (Å²) in [4.78, 5) is 16.7. The van der Waals surface area contributed by atoms with Gasteiger partial charge in [-0.3, -0.25) is 4.79 Å². The van der Waals surface area contributed by atoms with Gasteiger partial charge in [-0.1, -0.05) is 31.5 Å². The van der Waals surface area contributed by atoms with E-state index >= 15 is 0 Å². The van der Waals surface area contributed by atoms with Crippen molar-refractivity contribution in [2.45, 2.75) is 26.3 Å². The Balaban J connectivity index is 1.46. The summed E-state index contributed by atoms with van der Waals surface area (Å²) in [7, 11) is 0. The van der Waals surface area contributed by atoms with Gasteiger partial charge in [0.05, 0.1) is 31.1 Å². The molecule has 2 heterocycles. The van der Waals surface area contributed by atoms with Crippen LogP contribution in [0.15, 0.2) is 49.1 Å². The first-order valence-corrected chi connectivity index (χ1v) is 11.0. The Morgan fingerprint density at radius 3 is 2.72 bits per heavy atom. The van der Waals surface area contributed by atoms with Crippen LogP contribution in [0.3, 0.4) is 0 Å². The van der Waals surface area contributed by atoms with Crippen molar-refractivity contribution in [2.24, 2.45) is 5.92 Å². The zero-order chi connectivity index (χ0) is 22.5. The number of nitrogens with zero attached hydrogens (tertiary/aromatic N) is 3. The van der Waals surface area contributed by atoms with Gasteiger partial charge < -0.3 is 20.1 Å². The van der Waals surface area contributed by atoms with E-state index in [1.165, 1.54) is 6.33 Å². The molecule has 0 fully saturated rings. The van der Waals surface area contributed by atoms with Crippen LogP contribution in [0.1, 0.15) is 31.9 Å². The van der Waals surface area contributed by atoms with Crippen molar-refractivity contribution >= 4 is 23.2 Å². The maximum absolute atomic E-state index is 12.8. The lowest BCUT2D eigenvalue weighted by Gasteiger charge is -2.24. The van der Waals surface area contributed by atoms with Gasteiger partial charge in [0.1, 0.15) is 12.7 Å². The second-order valence-corrected chi connectivity index (χ2v) is 8.35. The van der Waals surface area contributed by atoms with E-state index in [2.05, 4.69) is 34.6 Å². The van der Waals surface area contributed by atoms with Gasteiger partial charge in [0.15, 0.2) is 11.5 Å². The molecule has 3 aromatic rings. The zero-order valence-corrected chi connectivity index (χ0v) is 18.8. The van der Waals surface area contributed by atoms with Crippen LogP contribution >= 0.6 is 11.6 Å². The molecule has 1 atom stereocenters. The van der Waals surface area contributed by atoms with Crippen molar-refractivity contribution in [1.29, 1.82) is 0 Å². The summed E-state index contributed by atoms with van der Waals surface area (Å²) < 4.78 is 13.1. The fourth-order valence-corrected chi connectivity index (χ4v) is 3.82. The second kappa shape index (κ2) is 10.0. The molecule has 0 unspecified atom stereocenters. The summed E-state index contributed by atoms with van der Waals surface area (Å²) >= 11 is 6.15. The molecule has 4 rings (SSSR count). The standard InChI is InChI=1S/C23H26ClN5O3/c1-15(2)23(16-4-7-20-21(10-16)32-9-3-8-31-20)26-12-22(30)28-18-11-17(24)5-6-19(18)29-14-25-13-27-29/h4-7,10-11,13-15,23,26H,3,8-9,12H2,1-2H3,(H,28,30)/t23-/m1/s1. The molecule has 2 aromatic carbocycles. The van der Waals surface area contributed by atoms with Crippen LogP contribution in [0.25, 0.3) is 5.69 Å². The summed E-state index contributed by atoms with van der Waals surface area (Å²) in [5.74, 6) is 1.57. The first-order chi connectivity index (χ1) is 15.5. The Hall–Kier alpha value is -3.10. The molecule has 9 heteroatoms. The zero-order valence-electron chi connectivity index (χ0n) is 18.0. The number of fused-ring (bicyclic) bond motifs is 1. The van der Waals surface area contributed by atoms with Crippen LogP contribution in [0.5, 0.6) is 11.5 Å². The number of aromatic nitrogens is 3. The number of halogens is 1. The minimum atomic E-state index is -0.186. The van der Waals surface area contributed by atoms with E-state index in [0.717, 1.165) is 23.5 Å². The maximum Gasteiger partial charge on any atom is 0.238 e. The van der Waals surface area contributed by atoms with Gasteiger partial charge in [-0.15, -0.1) is 0 Å². The van der Waals surface area contributed by atoms with E-state index in [0.29, 0.717) is 29.6 Å². The number of nitrogens with one attached hydrogen (secondary N) is 2. The molecule has 168 valence electrons. The monoisotopic (exact) mass is 455 g/mol. The Labute approximate surface area is 191 Å². The van der Waals surface area contributed by atoms with E-state index in [4.69, 9.17) is 21.1 Å². The number of hydrogen-bond acceptors (Lipinski definition) is 6. The van der Waals surface area contributed by atoms with Crippen molar-refractivity contribution in [3.05, 3.63) is 59.6 Å². The summed E-state index contributed by atoms with van der Waals surface area (Å²) in [6, 6.07) is 11.1. The highest BCUT2D eigenvalue weighted by molar-refractivity contribution is 6.31. The van der Waals surface area contributed by atoms with E-state index in [9.17, 15) is 4.79 Å². The van der Waals surface area contributed by atoms with Crippen LogP contribution in [0, 0.1) is 5.92 Å². The first kappa shape index (κ1) is 22.1. The smallest absolute Gasteiger partial charge is 0.238 e. The largest absolute Gasteiger partial charge is 0.490 e. The molecule has 2 N–H and O–H groups in total. The molecule has 1 aromatic heterocycles. The molecule has 0 spiro atoms. The lowest BCUT2D eigenvalue weighted by atomic mass is 9.95. The maximum atomic E-state index is 12.8.